The molecular formula is C16H32N2O2. The molecule has 1 aliphatic carbocycles. The number of hydrogen-bond donors (Lipinski definition) is 1. The van der Waals surface area contributed by atoms with E-state index < -0.39 is 5.54 Å². The van der Waals surface area contributed by atoms with Gasteiger partial charge in [0, 0.05) is 6.54 Å². The lowest BCUT2D eigenvalue weighted by Gasteiger charge is -2.28. The van der Waals surface area contributed by atoms with Gasteiger partial charge in [-0.25, -0.2) is 0 Å². The van der Waals surface area contributed by atoms with E-state index >= 15 is 0 Å². The van der Waals surface area contributed by atoms with Crippen LogP contribution in [0.25, 0.3) is 0 Å². The largest absolute Gasteiger partial charge is 0.468 e. The molecule has 4 nitrogen and oxygen atoms in total. The fraction of sp³-hybridized carbons (Fsp3) is 0.938. The summed E-state index contributed by atoms with van der Waals surface area (Å²) in [6, 6.07) is 0. The number of esters is 1. The van der Waals surface area contributed by atoms with Gasteiger partial charge in [-0.05, 0) is 64.6 Å². The van der Waals surface area contributed by atoms with Crippen molar-refractivity contribution in [1.82, 2.24) is 10.2 Å². The predicted molar refractivity (Wildman–Crippen MR) is 82.8 cm³/mol. The number of nitrogens with one attached hydrogen (secondary N) is 1. The summed E-state index contributed by atoms with van der Waals surface area (Å²) in [6.07, 6.45) is 5.88. The van der Waals surface area contributed by atoms with E-state index in [1.54, 1.807) is 0 Å². The Morgan fingerprint density at radius 1 is 1.35 bits per heavy atom. The number of carbonyl (C=O) groups is 1. The van der Waals surface area contributed by atoms with Crippen LogP contribution in [0.1, 0.15) is 52.9 Å². The number of methoxy groups -OCH3 is 1. The van der Waals surface area contributed by atoms with Gasteiger partial charge in [0.2, 0.25) is 0 Å². The summed E-state index contributed by atoms with van der Waals surface area (Å²) >= 11 is 0. The van der Waals surface area contributed by atoms with E-state index in [9.17, 15) is 4.79 Å². The zero-order valence-electron chi connectivity index (χ0n) is 13.7. The number of ether oxygens (including phenoxy) is 1. The summed E-state index contributed by atoms with van der Waals surface area (Å²) in [5.41, 5.74) is -0.531. The lowest BCUT2D eigenvalue weighted by molar-refractivity contribution is -0.148. The molecule has 0 aromatic carbocycles. The highest BCUT2D eigenvalue weighted by atomic mass is 16.5. The highest BCUT2D eigenvalue weighted by Crippen LogP contribution is 2.29. The molecule has 0 amide bonds. The average Bonchev–Trinajstić information content (AvgIpc) is 3.25. The van der Waals surface area contributed by atoms with Gasteiger partial charge in [0.15, 0.2) is 0 Å². The van der Waals surface area contributed by atoms with Crippen LogP contribution in [0.3, 0.4) is 0 Å². The highest BCUT2D eigenvalue weighted by molar-refractivity contribution is 5.80. The topological polar surface area (TPSA) is 41.6 Å². The molecule has 1 fully saturated rings. The first-order valence-electron chi connectivity index (χ1n) is 8.11. The Labute approximate surface area is 124 Å². The molecule has 118 valence electrons. The van der Waals surface area contributed by atoms with Gasteiger partial charge < -0.3 is 15.0 Å². The van der Waals surface area contributed by atoms with E-state index in [1.165, 1.54) is 26.5 Å². The molecule has 0 aromatic rings. The Bertz CT molecular complexity index is 292. The molecule has 20 heavy (non-hydrogen) atoms. The van der Waals surface area contributed by atoms with Crippen molar-refractivity contribution >= 4 is 5.97 Å². The minimum Gasteiger partial charge on any atom is -0.468 e. The molecule has 0 aromatic heterocycles. The van der Waals surface area contributed by atoms with Crippen LogP contribution >= 0.6 is 0 Å². The second-order valence-corrected chi connectivity index (χ2v) is 6.15. The van der Waals surface area contributed by atoms with Crippen LogP contribution in [0.4, 0.5) is 0 Å². The van der Waals surface area contributed by atoms with Crippen LogP contribution < -0.4 is 5.32 Å². The van der Waals surface area contributed by atoms with Crippen molar-refractivity contribution in [2.45, 2.75) is 58.4 Å². The number of carbonyl (C=O) groups excluding carboxylic acids is 1. The summed E-state index contributed by atoms with van der Waals surface area (Å²) < 4.78 is 4.92. The Hall–Kier alpha value is -0.610. The second kappa shape index (κ2) is 8.63. The first kappa shape index (κ1) is 17.4. The van der Waals surface area contributed by atoms with Gasteiger partial charge in [0.1, 0.15) is 5.54 Å². The molecule has 1 saturated carbocycles. The third-order valence-corrected chi connectivity index (χ3v) is 4.26. The summed E-state index contributed by atoms with van der Waals surface area (Å²) in [6.45, 7) is 10.5. The van der Waals surface area contributed by atoms with Crippen LogP contribution in [-0.4, -0.2) is 49.7 Å². The quantitative estimate of drug-likeness (QED) is 0.467. The summed E-state index contributed by atoms with van der Waals surface area (Å²) in [5, 5.41) is 3.27. The van der Waals surface area contributed by atoms with Crippen LogP contribution in [0.2, 0.25) is 0 Å². The molecule has 1 N–H and O–H groups in total. The number of nitrogens with zero attached hydrogens (tertiary/aromatic N) is 1. The maximum absolute atomic E-state index is 11.9. The number of unbranched alkanes of at least 4 members (excludes halogenated alkanes) is 1. The van der Waals surface area contributed by atoms with E-state index in [0.29, 0.717) is 0 Å². The highest BCUT2D eigenvalue weighted by Gasteiger charge is 2.32. The van der Waals surface area contributed by atoms with E-state index in [0.717, 1.165) is 44.8 Å². The zero-order valence-corrected chi connectivity index (χ0v) is 13.7. The molecule has 0 heterocycles. The standard InChI is InChI=1S/C16H32N2O2/c1-5-17-16(3,15(19)20-4)11-7-8-12-18(6-2)13-14-9-10-14/h14,17H,5-13H2,1-4H3. The van der Waals surface area contributed by atoms with Crippen molar-refractivity contribution in [3.63, 3.8) is 0 Å². The van der Waals surface area contributed by atoms with Crippen molar-refractivity contribution in [2.24, 2.45) is 5.92 Å². The lowest BCUT2D eigenvalue weighted by atomic mass is 9.94. The van der Waals surface area contributed by atoms with Crippen LogP contribution in [0.5, 0.6) is 0 Å². The molecule has 0 bridgehead atoms. The fourth-order valence-corrected chi connectivity index (χ4v) is 2.74. The second-order valence-electron chi connectivity index (χ2n) is 6.15. The average molecular weight is 284 g/mol. The Morgan fingerprint density at radius 2 is 2.05 bits per heavy atom. The minimum atomic E-state index is -0.531. The molecule has 0 aliphatic heterocycles. The normalized spacial score (nSPS) is 18.1. The Morgan fingerprint density at radius 3 is 2.55 bits per heavy atom. The van der Waals surface area contributed by atoms with Crippen molar-refractivity contribution in [1.29, 1.82) is 0 Å². The van der Waals surface area contributed by atoms with Crippen molar-refractivity contribution < 1.29 is 9.53 Å². The molecule has 1 aliphatic rings. The molecular weight excluding hydrogens is 252 g/mol. The fourth-order valence-electron chi connectivity index (χ4n) is 2.74. The minimum absolute atomic E-state index is 0.148. The number of likely N-dealkylation sites (N-methyl/N-ethyl adjacent to an activating group) is 1. The van der Waals surface area contributed by atoms with Crippen LogP contribution in [-0.2, 0) is 9.53 Å². The zero-order chi connectivity index (χ0) is 15.0. The SMILES string of the molecule is CCNC(C)(CCCCN(CC)CC1CC1)C(=O)OC. The van der Waals surface area contributed by atoms with Gasteiger partial charge in [-0.1, -0.05) is 13.8 Å². The van der Waals surface area contributed by atoms with Crippen molar-refractivity contribution in [3.05, 3.63) is 0 Å². The van der Waals surface area contributed by atoms with Gasteiger partial charge in [-0.15, -0.1) is 0 Å². The molecule has 0 saturated heterocycles. The third kappa shape index (κ3) is 5.80. The van der Waals surface area contributed by atoms with Gasteiger partial charge >= 0.3 is 5.97 Å². The van der Waals surface area contributed by atoms with Crippen LogP contribution in [0, 0.1) is 5.92 Å². The van der Waals surface area contributed by atoms with Gasteiger partial charge in [0.05, 0.1) is 7.11 Å². The third-order valence-electron chi connectivity index (χ3n) is 4.26. The first-order valence-corrected chi connectivity index (χ1v) is 8.11. The monoisotopic (exact) mass is 284 g/mol. The van der Waals surface area contributed by atoms with E-state index in [2.05, 4.69) is 17.1 Å². The first-order chi connectivity index (χ1) is 9.55. The predicted octanol–water partition coefficient (Wildman–Crippen LogP) is 2.43. The lowest BCUT2D eigenvalue weighted by Crippen LogP contribution is -2.50. The van der Waals surface area contributed by atoms with Gasteiger partial charge in [0.25, 0.3) is 0 Å². The maximum atomic E-state index is 11.9. The van der Waals surface area contributed by atoms with E-state index in [-0.39, 0.29) is 5.97 Å². The summed E-state index contributed by atoms with van der Waals surface area (Å²) in [7, 11) is 1.46. The molecule has 1 unspecified atom stereocenters. The molecule has 1 rings (SSSR count). The summed E-state index contributed by atoms with van der Waals surface area (Å²) in [5.74, 6) is 0.807. The molecule has 4 heteroatoms. The molecule has 0 radical (unpaired) electrons. The Kier molecular flexibility index (Phi) is 7.52. The van der Waals surface area contributed by atoms with Crippen molar-refractivity contribution in [3.8, 4) is 0 Å². The van der Waals surface area contributed by atoms with E-state index in [4.69, 9.17) is 4.74 Å². The van der Waals surface area contributed by atoms with Crippen LogP contribution in [0.15, 0.2) is 0 Å². The van der Waals surface area contributed by atoms with Crippen molar-refractivity contribution in [2.75, 3.05) is 33.3 Å². The maximum Gasteiger partial charge on any atom is 0.325 e. The van der Waals surface area contributed by atoms with Gasteiger partial charge in [-0.3, -0.25) is 4.79 Å². The number of rotatable bonds is 11. The summed E-state index contributed by atoms with van der Waals surface area (Å²) in [4.78, 5) is 14.4. The smallest absolute Gasteiger partial charge is 0.325 e. The van der Waals surface area contributed by atoms with E-state index in [1.807, 2.05) is 13.8 Å². The molecule has 0 spiro atoms. The molecule has 1 atom stereocenters. The number of hydrogen-bond acceptors (Lipinski definition) is 4. The van der Waals surface area contributed by atoms with Gasteiger partial charge in [-0.2, -0.15) is 0 Å². The Balaban J connectivity index is 2.26.